The molecule has 0 saturated carbocycles. The van der Waals surface area contributed by atoms with Gasteiger partial charge in [-0.1, -0.05) is 42.5 Å². The van der Waals surface area contributed by atoms with E-state index in [2.05, 4.69) is 12.1 Å². The number of benzene rings is 2. The maximum Gasteiger partial charge on any atom is 0.335 e. The Morgan fingerprint density at radius 1 is 1.12 bits per heavy atom. The first kappa shape index (κ1) is 15.4. The molecule has 2 aliphatic rings. The van der Waals surface area contributed by atoms with Crippen LogP contribution in [0.1, 0.15) is 16.7 Å². The number of hydrogen-bond acceptors (Lipinski definition) is 3. The smallest absolute Gasteiger partial charge is 0.335 e. The molecule has 0 bridgehead atoms. The lowest BCUT2D eigenvalue weighted by Crippen LogP contribution is -2.18. The Morgan fingerprint density at radius 3 is 2.72 bits per heavy atom. The van der Waals surface area contributed by atoms with Crippen molar-refractivity contribution in [3.63, 3.8) is 0 Å². The predicted octanol–water partition coefficient (Wildman–Crippen LogP) is 3.69. The summed E-state index contributed by atoms with van der Waals surface area (Å²) in [6.45, 7) is 0. The van der Waals surface area contributed by atoms with Gasteiger partial charge >= 0.3 is 5.97 Å². The Hall–Kier alpha value is -3.14. The minimum atomic E-state index is -1.08. The summed E-state index contributed by atoms with van der Waals surface area (Å²) in [5.41, 5.74) is 3.33. The molecule has 0 fully saturated rings. The van der Waals surface area contributed by atoms with Gasteiger partial charge < -0.3 is 9.84 Å². The second-order valence-electron chi connectivity index (χ2n) is 6.31. The van der Waals surface area contributed by atoms with E-state index in [1.165, 1.54) is 12.2 Å². The van der Waals surface area contributed by atoms with Crippen molar-refractivity contribution < 1.29 is 19.4 Å². The van der Waals surface area contributed by atoms with Crippen molar-refractivity contribution in [1.82, 2.24) is 0 Å². The number of para-hydroxylation sites is 1. The van der Waals surface area contributed by atoms with Crippen LogP contribution in [0.25, 0.3) is 0 Å². The number of carboxylic acids is 1. The molecule has 25 heavy (non-hydrogen) atoms. The molecule has 1 atom stereocenters. The predicted molar refractivity (Wildman–Crippen MR) is 92.8 cm³/mol. The van der Waals surface area contributed by atoms with E-state index in [1.807, 2.05) is 30.3 Å². The summed E-state index contributed by atoms with van der Waals surface area (Å²) in [5, 5.41) is 8.96. The highest BCUT2D eigenvalue weighted by Crippen LogP contribution is 2.37. The van der Waals surface area contributed by atoms with Crippen LogP contribution in [0.2, 0.25) is 0 Å². The Labute approximate surface area is 145 Å². The largest absolute Gasteiger partial charge is 0.478 e. The summed E-state index contributed by atoms with van der Waals surface area (Å²) < 4.78 is 5.93. The fourth-order valence-electron chi connectivity index (χ4n) is 3.25. The van der Waals surface area contributed by atoms with E-state index in [0.717, 1.165) is 34.6 Å². The minimum Gasteiger partial charge on any atom is -0.478 e. The normalized spacial score (nSPS) is 18.0. The van der Waals surface area contributed by atoms with E-state index in [-0.39, 0.29) is 17.3 Å². The number of carboxylic acid groups (broad SMARTS) is 1. The fourth-order valence-corrected chi connectivity index (χ4v) is 3.25. The van der Waals surface area contributed by atoms with Gasteiger partial charge in [-0.25, -0.2) is 4.79 Å². The second-order valence-corrected chi connectivity index (χ2v) is 6.31. The van der Waals surface area contributed by atoms with Crippen LogP contribution in [-0.2, 0) is 22.4 Å². The standard InChI is InChI=1S/C21H16O4/c22-18-12-16(21(23)24)7-6-14(18)9-13-5-8-20-17(10-13)11-15-3-1-2-4-19(15)25-20/h1-8,10,12,14H,9,11H2,(H,23,24). The lowest BCUT2D eigenvalue weighted by Gasteiger charge is -2.21. The molecule has 0 radical (unpaired) electrons. The van der Waals surface area contributed by atoms with Gasteiger partial charge in [-0.2, -0.15) is 0 Å². The molecule has 1 aliphatic carbocycles. The van der Waals surface area contributed by atoms with Crippen LogP contribution >= 0.6 is 0 Å². The molecule has 1 aliphatic heterocycles. The monoisotopic (exact) mass is 332 g/mol. The highest BCUT2D eigenvalue weighted by molar-refractivity contribution is 6.04. The molecule has 0 spiro atoms. The van der Waals surface area contributed by atoms with Gasteiger partial charge in [0.15, 0.2) is 5.78 Å². The maximum absolute atomic E-state index is 12.2. The van der Waals surface area contributed by atoms with E-state index in [9.17, 15) is 9.59 Å². The van der Waals surface area contributed by atoms with E-state index >= 15 is 0 Å². The number of fused-ring (bicyclic) bond motifs is 2. The third-order valence-electron chi connectivity index (χ3n) is 4.57. The van der Waals surface area contributed by atoms with Gasteiger partial charge in [0.1, 0.15) is 11.5 Å². The molecular formula is C21H16O4. The van der Waals surface area contributed by atoms with Crippen molar-refractivity contribution in [2.45, 2.75) is 12.8 Å². The third-order valence-corrected chi connectivity index (χ3v) is 4.57. The first-order valence-electron chi connectivity index (χ1n) is 8.15. The van der Waals surface area contributed by atoms with Crippen molar-refractivity contribution in [3.8, 4) is 11.5 Å². The van der Waals surface area contributed by atoms with Gasteiger partial charge in [0.2, 0.25) is 0 Å². The second kappa shape index (κ2) is 6.06. The number of aliphatic carboxylic acids is 1. The molecule has 0 saturated heterocycles. The van der Waals surface area contributed by atoms with Crippen molar-refractivity contribution in [3.05, 3.63) is 83.0 Å². The maximum atomic E-state index is 12.2. The Morgan fingerprint density at radius 2 is 1.92 bits per heavy atom. The number of ether oxygens (including phenoxy) is 1. The van der Waals surface area contributed by atoms with Gasteiger partial charge in [0.25, 0.3) is 0 Å². The molecule has 2 aromatic rings. The molecule has 0 aromatic heterocycles. The van der Waals surface area contributed by atoms with Crippen LogP contribution < -0.4 is 4.74 Å². The van der Waals surface area contributed by atoms with Gasteiger partial charge in [-0.05, 0) is 41.3 Å². The SMILES string of the molecule is O=C(O)C1=CC(=O)C(Cc2ccc3c(c2)Cc2ccccc2O3)C=C1. The summed E-state index contributed by atoms with van der Waals surface area (Å²) in [4.78, 5) is 23.1. The molecular weight excluding hydrogens is 316 g/mol. The van der Waals surface area contributed by atoms with Gasteiger partial charge in [0.05, 0.1) is 5.57 Å². The number of rotatable bonds is 3. The Kier molecular flexibility index (Phi) is 3.73. The number of ketones is 1. The molecule has 4 heteroatoms. The summed E-state index contributed by atoms with van der Waals surface area (Å²) in [6, 6.07) is 13.9. The van der Waals surface area contributed by atoms with Crippen LogP contribution in [0.5, 0.6) is 11.5 Å². The topological polar surface area (TPSA) is 63.6 Å². The third kappa shape index (κ3) is 2.98. The van der Waals surface area contributed by atoms with Crippen molar-refractivity contribution in [2.75, 3.05) is 0 Å². The van der Waals surface area contributed by atoms with E-state index in [0.29, 0.717) is 6.42 Å². The van der Waals surface area contributed by atoms with Crippen LogP contribution in [0.3, 0.4) is 0 Å². The number of carbonyl (C=O) groups is 2. The quantitative estimate of drug-likeness (QED) is 0.794. The summed E-state index contributed by atoms with van der Waals surface area (Å²) in [5.74, 6) is 0.172. The summed E-state index contributed by atoms with van der Waals surface area (Å²) >= 11 is 0. The number of hydrogen-bond donors (Lipinski definition) is 1. The first-order chi connectivity index (χ1) is 12.1. The molecule has 4 rings (SSSR count). The molecule has 1 unspecified atom stereocenters. The van der Waals surface area contributed by atoms with Crippen molar-refractivity contribution in [2.24, 2.45) is 5.92 Å². The van der Waals surface area contributed by atoms with Crippen molar-refractivity contribution in [1.29, 1.82) is 0 Å². The average molecular weight is 332 g/mol. The van der Waals surface area contributed by atoms with Crippen LogP contribution in [0, 0.1) is 5.92 Å². The molecule has 0 amide bonds. The lowest BCUT2D eigenvalue weighted by molar-refractivity contribution is -0.132. The zero-order valence-corrected chi connectivity index (χ0v) is 13.4. The summed E-state index contributed by atoms with van der Waals surface area (Å²) in [6.07, 6.45) is 5.75. The zero-order valence-electron chi connectivity index (χ0n) is 13.4. The first-order valence-corrected chi connectivity index (χ1v) is 8.15. The summed E-state index contributed by atoms with van der Waals surface area (Å²) in [7, 11) is 0. The highest BCUT2D eigenvalue weighted by Gasteiger charge is 2.22. The van der Waals surface area contributed by atoms with Crippen LogP contribution in [0.4, 0.5) is 0 Å². The average Bonchev–Trinajstić information content (AvgIpc) is 2.61. The zero-order chi connectivity index (χ0) is 17.4. The molecule has 1 heterocycles. The molecule has 124 valence electrons. The van der Waals surface area contributed by atoms with Crippen LogP contribution in [-0.4, -0.2) is 16.9 Å². The number of carbonyl (C=O) groups excluding carboxylic acids is 1. The minimum absolute atomic E-state index is 0.0386. The molecule has 1 N–H and O–H groups in total. The van der Waals surface area contributed by atoms with E-state index in [4.69, 9.17) is 9.84 Å². The van der Waals surface area contributed by atoms with Gasteiger partial charge in [0, 0.05) is 12.3 Å². The fraction of sp³-hybridized carbons (Fsp3) is 0.143. The lowest BCUT2D eigenvalue weighted by atomic mass is 9.88. The Balaban J connectivity index is 1.54. The van der Waals surface area contributed by atoms with Gasteiger partial charge in [-0.3, -0.25) is 4.79 Å². The molecule has 4 nitrogen and oxygen atoms in total. The number of allylic oxidation sites excluding steroid dienone is 2. The van der Waals surface area contributed by atoms with E-state index in [1.54, 1.807) is 6.08 Å². The highest BCUT2D eigenvalue weighted by atomic mass is 16.5. The Bertz CT molecular complexity index is 937. The van der Waals surface area contributed by atoms with Crippen molar-refractivity contribution >= 4 is 11.8 Å². The van der Waals surface area contributed by atoms with E-state index < -0.39 is 5.97 Å². The van der Waals surface area contributed by atoms with Crippen LogP contribution in [0.15, 0.2) is 66.3 Å². The van der Waals surface area contributed by atoms with Gasteiger partial charge in [-0.15, -0.1) is 0 Å². The molecule has 2 aromatic carbocycles.